The van der Waals surface area contributed by atoms with E-state index in [9.17, 15) is 9.59 Å². The summed E-state index contributed by atoms with van der Waals surface area (Å²) in [6, 6.07) is 0. The van der Waals surface area contributed by atoms with Gasteiger partial charge in [0, 0.05) is 0 Å². The van der Waals surface area contributed by atoms with Crippen LogP contribution in [0.4, 0.5) is 0 Å². The first-order chi connectivity index (χ1) is 13.0. The fourth-order valence-electron chi connectivity index (χ4n) is 2.97. The minimum Gasteiger partial charge on any atom is -0.463 e. The summed E-state index contributed by atoms with van der Waals surface area (Å²) >= 11 is 0. The van der Waals surface area contributed by atoms with Crippen molar-refractivity contribution in [2.45, 2.75) is 105 Å². The summed E-state index contributed by atoms with van der Waals surface area (Å²) in [6.45, 7) is 10.2. The lowest BCUT2D eigenvalue weighted by Gasteiger charge is -2.17. The van der Waals surface area contributed by atoms with Crippen LogP contribution >= 0.6 is 0 Å². The Morgan fingerprint density at radius 2 is 1.37 bits per heavy atom. The molecule has 0 aromatic carbocycles. The highest BCUT2D eigenvalue weighted by Crippen LogP contribution is 2.18. The molecule has 0 aliphatic heterocycles. The second-order valence-corrected chi connectivity index (χ2v) is 7.50. The van der Waals surface area contributed by atoms with Gasteiger partial charge in [-0.25, -0.2) is 4.79 Å². The van der Waals surface area contributed by atoms with Gasteiger partial charge in [0.15, 0.2) is 6.10 Å². The van der Waals surface area contributed by atoms with Crippen LogP contribution in [0.15, 0.2) is 12.2 Å². The second kappa shape index (κ2) is 16.8. The second-order valence-electron chi connectivity index (χ2n) is 7.50. The van der Waals surface area contributed by atoms with E-state index in [1.165, 1.54) is 38.5 Å². The minimum absolute atomic E-state index is 0.281. The number of esters is 2. The lowest BCUT2D eigenvalue weighted by Crippen LogP contribution is -2.29. The van der Waals surface area contributed by atoms with E-state index in [4.69, 9.17) is 9.47 Å². The van der Waals surface area contributed by atoms with Crippen molar-refractivity contribution in [3.05, 3.63) is 12.2 Å². The predicted molar refractivity (Wildman–Crippen MR) is 111 cm³/mol. The predicted octanol–water partition coefficient (Wildman–Crippen LogP) is 6.23. The first-order valence-corrected chi connectivity index (χ1v) is 11.0. The highest BCUT2D eigenvalue weighted by Gasteiger charge is 2.24. The Labute approximate surface area is 167 Å². The Morgan fingerprint density at radius 1 is 0.778 bits per heavy atom. The highest BCUT2D eigenvalue weighted by molar-refractivity contribution is 5.80. The maximum Gasteiger partial charge on any atom is 0.347 e. The van der Waals surface area contributed by atoms with Crippen LogP contribution in [0.25, 0.3) is 0 Å². The van der Waals surface area contributed by atoms with E-state index in [-0.39, 0.29) is 18.5 Å². The van der Waals surface area contributed by atoms with E-state index in [1.54, 1.807) is 13.8 Å². The molecule has 3 unspecified atom stereocenters. The molecular weight excluding hydrogens is 340 g/mol. The van der Waals surface area contributed by atoms with Crippen molar-refractivity contribution in [3.8, 4) is 0 Å². The average Bonchev–Trinajstić information content (AvgIpc) is 2.64. The molecule has 0 aromatic rings. The quantitative estimate of drug-likeness (QED) is 0.180. The van der Waals surface area contributed by atoms with Gasteiger partial charge in [0.25, 0.3) is 0 Å². The summed E-state index contributed by atoms with van der Waals surface area (Å²) in [5.74, 6) is -0.627. The van der Waals surface area contributed by atoms with Gasteiger partial charge >= 0.3 is 11.9 Å². The van der Waals surface area contributed by atoms with Crippen molar-refractivity contribution >= 4 is 11.9 Å². The molecule has 0 spiro atoms. The van der Waals surface area contributed by atoms with Gasteiger partial charge in [0.1, 0.15) is 0 Å². The Hall–Kier alpha value is -1.32. The minimum atomic E-state index is -0.851. The van der Waals surface area contributed by atoms with Crippen LogP contribution in [0.5, 0.6) is 0 Å². The zero-order valence-electron chi connectivity index (χ0n) is 18.3. The van der Waals surface area contributed by atoms with E-state index in [0.29, 0.717) is 5.92 Å². The largest absolute Gasteiger partial charge is 0.463 e. The Kier molecular flexibility index (Phi) is 16.0. The number of unbranched alkanes of at least 4 members (excludes halogenated alkanes) is 6. The summed E-state index contributed by atoms with van der Waals surface area (Å²) in [6.07, 6.45) is 14.7. The third kappa shape index (κ3) is 13.5. The highest BCUT2D eigenvalue weighted by atomic mass is 16.6. The topological polar surface area (TPSA) is 52.6 Å². The molecule has 158 valence electrons. The molecule has 3 atom stereocenters. The van der Waals surface area contributed by atoms with Crippen LogP contribution < -0.4 is 0 Å². The van der Waals surface area contributed by atoms with Gasteiger partial charge in [-0.15, -0.1) is 0 Å². The monoisotopic (exact) mass is 382 g/mol. The van der Waals surface area contributed by atoms with Gasteiger partial charge in [-0.05, 0) is 32.6 Å². The molecule has 0 aliphatic carbocycles. The normalized spacial score (nSPS) is 14.7. The summed E-state index contributed by atoms with van der Waals surface area (Å²) in [5.41, 5.74) is 0. The molecule has 27 heavy (non-hydrogen) atoms. The molecule has 0 aliphatic rings. The number of rotatable bonds is 16. The van der Waals surface area contributed by atoms with Crippen molar-refractivity contribution in [1.29, 1.82) is 0 Å². The van der Waals surface area contributed by atoms with Gasteiger partial charge in [-0.2, -0.15) is 0 Å². The van der Waals surface area contributed by atoms with E-state index in [2.05, 4.69) is 26.8 Å². The Morgan fingerprint density at radius 3 is 1.93 bits per heavy atom. The zero-order chi connectivity index (χ0) is 20.5. The number of ether oxygens (including phenoxy) is 2. The summed E-state index contributed by atoms with van der Waals surface area (Å²) < 4.78 is 10.3. The third-order valence-corrected chi connectivity index (χ3v) is 4.77. The van der Waals surface area contributed by atoms with E-state index >= 15 is 0 Å². The van der Waals surface area contributed by atoms with Gasteiger partial charge in [-0.1, -0.05) is 84.3 Å². The van der Waals surface area contributed by atoms with Crippen molar-refractivity contribution in [3.63, 3.8) is 0 Å². The Balaban J connectivity index is 4.66. The molecule has 0 saturated heterocycles. The van der Waals surface area contributed by atoms with Crippen LogP contribution in [-0.2, 0) is 19.1 Å². The lowest BCUT2D eigenvalue weighted by atomic mass is 9.96. The van der Waals surface area contributed by atoms with Crippen molar-refractivity contribution in [2.24, 2.45) is 11.8 Å². The molecule has 0 fully saturated rings. The van der Waals surface area contributed by atoms with Crippen molar-refractivity contribution < 1.29 is 19.1 Å². The van der Waals surface area contributed by atoms with Gasteiger partial charge in [-0.3, -0.25) is 4.79 Å². The fourth-order valence-corrected chi connectivity index (χ4v) is 2.97. The molecule has 0 aromatic heterocycles. The number of allylic oxidation sites excluding steroid dienone is 1. The van der Waals surface area contributed by atoms with E-state index in [0.717, 1.165) is 25.7 Å². The Bertz CT molecular complexity index is 417. The fraction of sp³-hybridized carbons (Fsp3) is 0.826. The smallest absolute Gasteiger partial charge is 0.347 e. The van der Waals surface area contributed by atoms with E-state index < -0.39 is 12.1 Å². The zero-order valence-corrected chi connectivity index (χ0v) is 18.3. The van der Waals surface area contributed by atoms with Gasteiger partial charge in [0.2, 0.25) is 0 Å². The molecule has 0 amide bonds. The van der Waals surface area contributed by atoms with Gasteiger partial charge in [0.05, 0.1) is 12.5 Å². The number of hydrogen-bond donors (Lipinski definition) is 0. The van der Waals surface area contributed by atoms with Crippen LogP contribution in [-0.4, -0.2) is 24.6 Å². The standard InChI is InChI=1S/C23H42O4/c1-6-9-11-13-15-19(4)17-18-21(16-14-12-10-7-2)23(25)27-20(5)22(24)26-8-3/h17-21H,6-16H2,1-5H3/b18-17-. The summed E-state index contributed by atoms with van der Waals surface area (Å²) in [4.78, 5) is 24.3. The molecule has 0 saturated carbocycles. The molecule has 0 bridgehead atoms. The van der Waals surface area contributed by atoms with Crippen LogP contribution in [0.2, 0.25) is 0 Å². The summed E-state index contributed by atoms with van der Waals surface area (Å²) in [5, 5.41) is 0. The third-order valence-electron chi connectivity index (χ3n) is 4.77. The first kappa shape index (κ1) is 25.7. The van der Waals surface area contributed by atoms with Crippen LogP contribution in [0.3, 0.4) is 0 Å². The maximum atomic E-state index is 12.6. The SMILES string of the molecule is CCCCCCC(C)/C=C\C(CCCCCC)C(=O)OC(C)C(=O)OCC. The maximum absolute atomic E-state index is 12.6. The summed E-state index contributed by atoms with van der Waals surface area (Å²) in [7, 11) is 0. The molecular formula is C23H42O4. The number of carbonyl (C=O) groups excluding carboxylic acids is 2. The van der Waals surface area contributed by atoms with Crippen LogP contribution in [0, 0.1) is 11.8 Å². The van der Waals surface area contributed by atoms with Crippen molar-refractivity contribution in [2.75, 3.05) is 6.61 Å². The van der Waals surface area contributed by atoms with E-state index in [1.807, 2.05) is 6.08 Å². The van der Waals surface area contributed by atoms with Crippen LogP contribution in [0.1, 0.15) is 98.8 Å². The molecule has 4 heteroatoms. The number of carbonyl (C=O) groups is 2. The van der Waals surface area contributed by atoms with Gasteiger partial charge < -0.3 is 9.47 Å². The molecule has 0 heterocycles. The first-order valence-electron chi connectivity index (χ1n) is 11.0. The molecule has 0 N–H and O–H groups in total. The molecule has 0 radical (unpaired) electrons. The van der Waals surface area contributed by atoms with Crippen molar-refractivity contribution in [1.82, 2.24) is 0 Å². The number of hydrogen-bond acceptors (Lipinski definition) is 4. The average molecular weight is 383 g/mol. The lowest BCUT2D eigenvalue weighted by molar-refractivity contribution is -0.168. The molecule has 0 rings (SSSR count). The molecule has 4 nitrogen and oxygen atoms in total.